The second kappa shape index (κ2) is 3.57. The van der Waals surface area contributed by atoms with Gasteiger partial charge in [0, 0.05) is 6.04 Å². The molecule has 1 nitrogen and oxygen atoms in total. The molecule has 1 aliphatic rings. The lowest BCUT2D eigenvalue weighted by Crippen LogP contribution is -2.27. The first kappa shape index (κ1) is 9.05. The second-order valence-corrected chi connectivity index (χ2v) is 4.16. The first-order chi connectivity index (χ1) is 5.20. The molecule has 2 atom stereocenters. The molecular weight excluding hydrogens is 134 g/mol. The maximum absolute atomic E-state index is 3.53. The van der Waals surface area contributed by atoms with Crippen molar-refractivity contribution < 1.29 is 0 Å². The molecule has 1 heteroatoms. The fourth-order valence-electron chi connectivity index (χ4n) is 2.11. The van der Waals surface area contributed by atoms with Crippen molar-refractivity contribution in [2.24, 2.45) is 5.41 Å². The Labute approximate surface area is 70.6 Å². The summed E-state index contributed by atoms with van der Waals surface area (Å²) in [7, 11) is 0. The fourth-order valence-corrected chi connectivity index (χ4v) is 2.11. The number of hydrogen-bond acceptors (Lipinski definition) is 1. The molecule has 1 fully saturated rings. The fraction of sp³-hybridized carbons (Fsp3) is 1.00. The van der Waals surface area contributed by atoms with E-state index in [1.165, 1.54) is 25.7 Å². The molecule has 1 saturated carbocycles. The number of nitrogens with one attached hydrogen (secondary N) is 1. The van der Waals surface area contributed by atoms with Crippen LogP contribution in [0.1, 0.15) is 46.5 Å². The molecule has 0 saturated heterocycles. The second-order valence-electron chi connectivity index (χ2n) is 4.16. The van der Waals surface area contributed by atoms with Crippen LogP contribution in [0, 0.1) is 5.41 Å². The van der Waals surface area contributed by atoms with Gasteiger partial charge in [0.1, 0.15) is 0 Å². The first-order valence-corrected chi connectivity index (χ1v) is 4.93. The van der Waals surface area contributed by atoms with E-state index in [1.807, 2.05) is 0 Å². The van der Waals surface area contributed by atoms with E-state index in [1.54, 1.807) is 0 Å². The van der Waals surface area contributed by atoms with Crippen molar-refractivity contribution in [1.29, 1.82) is 0 Å². The molecule has 0 amide bonds. The minimum Gasteiger partial charge on any atom is -0.314 e. The van der Waals surface area contributed by atoms with Crippen molar-refractivity contribution in [2.75, 3.05) is 6.54 Å². The summed E-state index contributed by atoms with van der Waals surface area (Å²) in [5.41, 5.74) is 0.646. The van der Waals surface area contributed by atoms with E-state index in [4.69, 9.17) is 0 Å². The summed E-state index contributed by atoms with van der Waals surface area (Å²) in [6.45, 7) is 8.06. The van der Waals surface area contributed by atoms with Crippen LogP contribution in [0.3, 0.4) is 0 Å². The summed E-state index contributed by atoms with van der Waals surface area (Å²) in [5, 5.41) is 3.53. The Balaban J connectivity index is 2.33. The van der Waals surface area contributed by atoms with Gasteiger partial charge in [-0.1, -0.05) is 27.2 Å². The largest absolute Gasteiger partial charge is 0.314 e. The molecule has 1 aliphatic carbocycles. The van der Waals surface area contributed by atoms with Crippen LogP contribution >= 0.6 is 0 Å². The van der Waals surface area contributed by atoms with Crippen molar-refractivity contribution in [3.05, 3.63) is 0 Å². The first-order valence-electron chi connectivity index (χ1n) is 4.93. The van der Waals surface area contributed by atoms with Gasteiger partial charge in [-0.15, -0.1) is 0 Å². The Morgan fingerprint density at radius 1 is 1.45 bits per heavy atom. The molecule has 0 aliphatic heterocycles. The Morgan fingerprint density at radius 2 is 2.18 bits per heavy atom. The monoisotopic (exact) mass is 155 g/mol. The third kappa shape index (κ3) is 2.19. The van der Waals surface area contributed by atoms with Gasteiger partial charge >= 0.3 is 0 Å². The minimum absolute atomic E-state index is 0.646. The predicted octanol–water partition coefficient (Wildman–Crippen LogP) is 2.56. The van der Waals surface area contributed by atoms with Crippen LogP contribution in [-0.2, 0) is 0 Å². The lowest BCUT2D eigenvalue weighted by molar-refractivity contribution is 0.312. The van der Waals surface area contributed by atoms with Gasteiger partial charge in [-0.25, -0.2) is 0 Å². The molecule has 66 valence electrons. The molecule has 0 bridgehead atoms. The highest BCUT2D eigenvalue weighted by Crippen LogP contribution is 2.40. The van der Waals surface area contributed by atoms with E-state index in [-0.39, 0.29) is 0 Å². The van der Waals surface area contributed by atoms with Crippen molar-refractivity contribution >= 4 is 0 Å². The molecule has 0 heterocycles. The molecule has 0 radical (unpaired) electrons. The maximum atomic E-state index is 3.53. The van der Waals surface area contributed by atoms with Crippen LogP contribution in [0.5, 0.6) is 0 Å². The molecule has 0 aromatic rings. The predicted molar refractivity (Wildman–Crippen MR) is 49.7 cm³/mol. The molecule has 2 unspecified atom stereocenters. The SMILES string of the molecule is CCNC1CCC(C)(CC)C1. The number of hydrogen-bond donors (Lipinski definition) is 1. The molecule has 0 spiro atoms. The van der Waals surface area contributed by atoms with E-state index >= 15 is 0 Å². The van der Waals surface area contributed by atoms with E-state index in [0.29, 0.717) is 5.41 Å². The van der Waals surface area contributed by atoms with Gasteiger partial charge in [-0.05, 0) is 31.2 Å². The van der Waals surface area contributed by atoms with Crippen molar-refractivity contribution in [3.63, 3.8) is 0 Å². The van der Waals surface area contributed by atoms with Crippen LogP contribution in [0.15, 0.2) is 0 Å². The molecule has 1 rings (SSSR count). The maximum Gasteiger partial charge on any atom is 0.00723 e. The third-order valence-electron chi connectivity index (χ3n) is 3.18. The lowest BCUT2D eigenvalue weighted by atomic mass is 9.86. The standard InChI is InChI=1S/C10H21N/c1-4-10(3)7-6-9(8-10)11-5-2/h9,11H,4-8H2,1-3H3. The Bertz CT molecular complexity index is 122. The average molecular weight is 155 g/mol. The summed E-state index contributed by atoms with van der Waals surface area (Å²) in [4.78, 5) is 0. The molecule has 0 aromatic heterocycles. The average Bonchev–Trinajstić information content (AvgIpc) is 2.35. The highest BCUT2D eigenvalue weighted by Gasteiger charge is 2.32. The third-order valence-corrected chi connectivity index (χ3v) is 3.18. The van der Waals surface area contributed by atoms with E-state index in [0.717, 1.165) is 12.6 Å². The van der Waals surface area contributed by atoms with Crippen LogP contribution in [0.2, 0.25) is 0 Å². The lowest BCUT2D eigenvalue weighted by Gasteiger charge is -2.21. The summed E-state index contributed by atoms with van der Waals surface area (Å²) in [6.07, 6.45) is 5.53. The highest BCUT2D eigenvalue weighted by atomic mass is 14.9. The molecule has 11 heavy (non-hydrogen) atoms. The van der Waals surface area contributed by atoms with E-state index in [2.05, 4.69) is 26.1 Å². The normalized spacial score (nSPS) is 37.9. The Kier molecular flexibility index (Phi) is 2.94. The van der Waals surface area contributed by atoms with E-state index in [9.17, 15) is 0 Å². The van der Waals surface area contributed by atoms with Gasteiger partial charge < -0.3 is 5.32 Å². The van der Waals surface area contributed by atoms with Gasteiger partial charge in [-0.2, -0.15) is 0 Å². The van der Waals surface area contributed by atoms with Crippen LogP contribution < -0.4 is 5.32 Å². The van der Waals surface area contributed by atoms with Crippen LogP contribution in [0.25, 0.3) is 0 Å². The highest BCUT2D eigenvalue weighted by molar-refractivity contribution is 4.88. The van der Waals surface area contributed by atoms with Gasteiger partial charge in [0.05, 0.1) is 0 Å². The Morgan fingerprint density at radius 3 is 2.64 bits per heavy atom. The van der Waals surface area contributed by atoms with E-state index < -0.39 is 0 Å². The molecular formula is C10H21N. The summed E-state index contributed by atoms with van der Waals surface area (Å²) in [6, 6.07) is 0.810. The van der Waals surface area contributed by atoms with Gasteiger partial charge in [0.15, 0.2) is 0 Å². The van der Waals surface area contributed by atoms with Crippen molar-refractivity contribution in [3.8, 4) is 0 Å². The summed E-state index contributed by atoms with van der Waals surface area (Å²) >= 11 is 0. The molecule has 1 N–H and O–H groups in total. The topological polar surface area (TPSA) is 12.0 Å². The smallest absolute Gasteiger partial charge is 0.00723 e. The Hall–Kier alpha value is -0.0400. The summed E-state index contributed by atoms with van der Waals surface area (Å²) < 4.78 is 0. The summed E-state index contributed by atoms with van der Waals surface area (Å²) in [5.74, 6) is 0. The minimum atomic E-state index is 0.646. The van der Waals surface area contributed by atoms with Gasteiger partial charge in [0.2, 0.25) is 0 Å². The number of rotatable bonds is 3. The zero-order valence-electron chi connectivity index (χ0n) is 8.11. The van der Waals surface area contributed by atoms with Crippen molar-refractivity contribution in [2.45, 2.75) is 52.5 Å². The quantitative estimate of drug-likeness (QED) is 0.660. The van der Waals surface area contributed by atoms with Crippen molar-refractivity contribution in [1.82, 2.24) is 5.32 Å². The zero-order chi connectivity index (χ0) is 8.32. The molecule has 0 aromatic carbocycles. The van der Waals surface area contributed by atoms with Gasteiger partial charge in [0.25, 0.3) is 0 Å². The van der Waals surface area contributed by atoms with Crippen LogP contribution in [0.4, 0.5) is 0 Å². The zero-order valence-corrected chi connectivity index (χ0v) is 8.11. The van der Waals surface area contributed by atoms with Crippen LogP contribution in [-0.4, -0.2) is 12.6 Å². The van der Waals surface area contributed by atoms with Gasteiger partial charge in [-0.3, -0.25) is 0 Å².